The van der Waals surface area contributed by atoms with Crippen LogP contribution in [0.5, 0.6) is 0 Å². The Morgan fingerprint density at radius 2 is 1.84 bits per heavy atom. The van der Waals surface area contributed by atoms with Gasteiger partial charge in [0.15, 0.2) is 5.82 Å². The summed E-state index contributed by atoms with van der Waals surface area (Å²) in [7, 11) is 0. The average molecular weight is 261 g/mol. The van der Waals surface area contributed by atoms with E-state index in [1.165, 1.54) is 51.6 Å². The fourth-order valence-electron chi connectivity index (χ4n) is 3.55. The molecule has 0 atom stereocenters. The number of nitrogens with two attached hydrogens (primary N) is 1. The largest absolute Gasteiger partial charge is 0.307 e. The highest BCUT2D eigenvalue weighted by Crippen LogP contribution is 2.46. The van der Waals surface area contributed by atoms with E-state index in [9.17, 15) is 0 Å². The second-order valence-corrected chi connectivity index (χ2v) is 6.02. The molecule has 1 aliphatic carbocycles. The summed E-state index contributed by atoms with van der Waals surface area (Å²) < 4.78 is 0. The molecule has 1 spiro atoms. The van der Waals surface area contributed by atoms with Crippen molar-refractivity contribution in [2.24, 2.45) is 11.3 Å². The molecule has 1 aliphatic heterocycles. The van der Waals surface area contributed by atoms with Crippen LogP contribution >= 0.6 is 0 Å². The highest BCUT2D eigenvalue weighted by atomic mass is 15.3. The van der Waals surface area contributed by atoms with E-state index in [2.05, 4.69) is 20.3 Å². The molecule has 1 saturated carbocycles. The van der Waals surface area contributed by atoms with Crippen LogP contribution in [0, 0.1) is 5.41 Å². The van der Waals surface area contributed by atoms with Gasteiger partial charge in [-0.2, -0.15) is 0 Å². The van der Waals surface area contributed by atoms with E-state index in [-0.39, 0.29) is 0 Å². The van der Waals surface area contributed by atoms with Gasteiger partial charge >= 0.3 is 0 Å². The highest BCUT2D eigenvalue weighted by molar-refractivity contribution is 5.28. The number of nitrogen functional groups attached to an aromatic ring is 1. The van der Waals surface area contributed by atoms with Crippen molar-refractivity contribution in [3.63, 3.8) is 0 Å². The zero-order chi connectivity index (χ0) is 13.1. The maximum absolute atomic E-state index is 5.29. The van der Waals surface area contributed by atoms with Gasteiger partial charge in [-0.1, -0.05) is 12.8 Å². The minimum atomic E-state index is 0.618. The summed E-state index contributed by atoms with van der Waals surface area (Å²) >= 11 is 0. The standard InChI is InChI=1S/C14H23N5/c15-18-13-10-16-12(9-17-13)11-19-7-5-14(6-8-19)3-1-2-4-14/h9-10H,1-8,11,15H2,(H,17,18). The van der Waals surface area contributed by atoms with Gasteiger partial charge in [0, 0.05) is 6.54 Å². The van der Waals surface area contributed by atoms with Crippen LogP contribution in [0.15, 0.2) is 12.4 Å². The molecule has 0 amide bonds. The summed E-state index contributed by atoms with van der Waals surface area (Å²) in [5.74, 6) is 5.91. The van der Waals surface area contributed by atoms with Crippen LogP contribution < -0.4 is 11.3 Å². The number of likely N-dealkylation sites (tertiary alicyclic amines) is 1. The molecule has 0 bridgehead atoms. The molecule has 2 fully saturated rings. The average Bonchev–Trinajstić information content (AvgIpc) is 2.91. The minimum absolute atomic E-state index is 0.618. The molecule has 1 aromatic rings. The molecule has 1 saturated heterocycles. The van der Waals surface area contributed by atoms with Crippen molar-refractivity contribution in [1.82, 2.24) is 14.9 Å². The number of nitrogens with zero attached hydrogens (tertiary/aromatic N) is 3. The Morgan fingerprint density at radius 3 is 2.42 bits per heavy atom. The van der Waals surface area contributed by atoms with Gasteiger partial charge in [-0.3, -0.25) is 9.88 Å². The molecule has 2 heterocycles. The predicted octanol–water partition coefficient (Wildman–Crippen LogP) is 1.92. The van der Waals surface area contributed by atoms with Crippen LogP contribution in [-0.2, 0) is 6.54 Å². The smallest absolute Gasteiger partial charge is 0.158 e. The van der Waals surface area contributed by atoms with Crippen molar-refractivity contribution in [3.8, 4) is 0 Å². The third kappa shape index (κ3) is 2.87. The van der Waals surface area contributed by atoms with Gasteiger partial charge in [0.1, 0.15) is 0 Å². The van der Waals surface area contributed by atoms with Crippen LogP contribution in [0.25, 0.3) is 0 Å². The van der Waals surface area contributed by atoms with Crippen molar-refractivity contribution >= 4 is 5.82 Å². The Labute approximate surface area is 114 Å². The van der Waals surface area contributed by atoms with Crippen molar-refractivity contribution in [2.75, 3.05) is 18.5 Å². The Bertz CT molecular complexity index is 400. The first-order valence-electron chi connectivity index (χ1n) is 7.30. The summed E-state index contributed by atoms with van der Waals surface area (Å²) in [6.45, 7) is 3.32. The summed E-state index contributed by atoms with van der Waals surface area (Å²) in [6, 6.07) is 0. The molecule has 3 rings (SSSR count). The van der Waals surface area contributed by atoms with E-state index < -0.39 is 0 Å². The second-order valence-electron chi connectivity index (χ2n) is 6.02. The lowest BCUT2D eigenvalue weighted by molar-refractivity contribution is 0.102. The maximum atomic E-state index is 5.29. The van der Waals surface area contributed by atoms with Crippen molar-refractivity contribution < 1.29 is 0 Å². The number of rotatable bonds is 3. The number of aromatic nitrogens is 2. The molecular weight excluding hydrogens is 238 g/mol. The van der Waals surface area contributed by atoms with E-state index in [1.54, 1.807) is 6.20 Å². The van der Waals surface area contributed by atoms with Gasteiger partial charge in [0.2, 0.25) is 0 Å². The van der Waals surface area contributed by atoms with Crippen molar-refractivity contribution in [3.05, 3.63) is 18.1 Å². The number of hydrogen-bond acceptors (Lipinski definition) is 5. The molecule has 3 N–H and O–H groups in total. The minimum Gasteiger partial charge on any atom is -0.307 e. The second kappa shape index (κ2) is 5.43. The number of nitrogens with one attached hydrogen (secondary N) is 1. The zero-order valence-corrected chi connectivity index (χ0v) is 11.4. The molecule has 2 aliphatic rings. The first-order chi connectivity index (χ1) is 9.30. The van der Waals surface area contributed by atoms with Gasteiger partial charge in [-0.15, -0.1) is 0 Å². The van der Waals surface area contributed by atoms with E-state index in [1.807, 2.05) is 6.20 Å². The quantitative estimate of drug-likeness (QED) is 0.643. The monoisotopic (exact) mass is 261 g/mol. The molecular formula is C14H23N5. The Balaban J connectivity index is 1.53. The van der Waals surface area contributed by atoms with E-state index in [0.29, 0.717) is 11.2 Å². The van der Waals surface area contributed by atoms with E-state index in [0.717, 1.165) is 12.2 Å². The van der Waals surface area contributed by atoms with Gasteiger partial charge in [-0.05, 0) is 44.2 Å². The van der Waals surface area contributed by atoms with Crippen LogP contribution in [-0.4, -0.2) is 28.0 Å². The number of anilines is 1. The highest BCUT2D eigenvalue weighted by Gasteiger charge is 2.36. The predicted molar refractivity (Wildman–Crippen MR) is 75.3 cm³/mol. The Kier molecular flexibility index (Phi) is 3.66. The molecule has 5 nitrogen and oxygen atoms in total. The van der Waals surface area contributed by atoms with Crippen LogP contribution in [0.1, 0.15) is 44.2 Å². The van der Waals surface area contributed by atoms with Gasteiger partial charge in [0.05, 0.1) is 18.1 Å². The molecule has 0 unspecified atom stereocenters. The third-order valence-electron chi connectivity index (χ3n) is 4.82. The summed E-state index contributed by atoms with van der Waals surface area (Å²) in [5, 5.41) is 0. The van der Waals surface area contributed by atoms with Crippen LogP contribution in [0.4, 0.5) is 5.82 Å². The Morgan fingerprint density at radius 1 is 1.11 bits per heavy atom. The Hall–Kier alpha value is -1.20. The SMILES string of the molecule is NNc1cnc(CN2CCC3(CCCC3)CC2)cn1. The summed E-state index contributed by atoms with van der Waals surface area (Å²) in [4.78, 5) is 11.1. The van der Waals surface area contributed by atoms with Gasteiger partial charge < -0.3 is 5.43 Å². The lowest BCUT2D eigenvalue weighted by atomic mass is 9.77. The number of hydrogen-bond donors (Lipinski definition) is 2. The first kappa shape index (κ1) is 12.8. The normalized spacial score (nSPS) is 22.8. The molecule has 0 aromatic carbocycles. The van der Waals surface area contributed by atoms with Gasteiger partial charge in [-0.25, -0.2) is 10.8 Å². The van der Waals surface area contributed by atoms with Crippen LogP contribution in [0.2, 0.25) is 0 Å². The maximum Gasteiger partial charge on any atom is 0.158 e. The zero-order valence-electron chi connectivity index (χ0n) is 11.4. The lowest BCUT2D eigenvalue weighted by Gasteiger charge is -2.39. The number of hydrazine groups is 1. The molecule has 1 aromatic heterocycles. The fourth-order valence-corrected chi connectivity index (χ4v) is 3.55. The first-order valence-corrected chi connectivity index (χ1v) is 7.30. The van der Waals surface area contributed by atoms with Crippen molar-refractivity contribution in [2.45, 2.75) is 45.1 Å². The summed E-state index contributed by atoms with van der Waals surface area (Å²) in [6.07, 6.45) is 12.0. The molecule has 19 heavy (non-hydrogen) atoms. The van der Waals surface area contributed by atoms with E-state index in [4.69, 9.17) is 5.84 Å². The van der Waals surface area contributed by atoms with Gasteiger partial charge in [0.25, 0.3) is 0 Å². The fraction of sp³-hybridized carbons (Fsp3) is 0.714. The number of piperidine rings is 1. The van der Waals surface area contributed by atoms with Crippen LogP contribution in [0.3, 0.4) is 0 Å². The molecule has 0 radical (unpaired) electrons. The molecule has 104 valence electrons. The van der Waals surface area contributed by atoms with E-state index >= 15 is 0 Å². The lowest BCUT2D eigenvalue weighted by Crippen LogP contribution is -2.38. The molecule has 5 heteroatoms. The topological polar surface area (TPSA) is 67.1 Å². The summed E-state index contributed by atoms with van der Waals surface area (Å²) in [5.41, 5.74) is 4.22. The van der Waals surface area contributed by atoms with Crippen molar-refractivity contribution in [1.29, 1.82) is 0 Å². The third-order valence-corrected chi connectivity index (χ3v) is 4.82.